The lowest BCUT2D eigenvalue weighted by atomic mass is 9.39. The molecule has 4 heterocycles. The summed E-state index contributed by atoms with van der Waals surface area (Å²) in [5, 5.41) is 9.67. The van der Waals surface area contributed by atoms with Crippen molar-refractivity contribution >= 4 is 43.3 Å². The van der Waals surface area contributed by atoms with Gasteiger partial charge in [-0.2, -0.15) is 0 Å². The Morgan fingerprint density at radius 2 is 1.08 bits per heavy atom. The molecule has 4 aliphatic rings. The molecule has 0 unspecified atom stereocenters. The zero-order valence-electron chi connectivity index (χ0n) is 20.3. The first-order valence-corrected chi connectivity index (χ1v) is 12.3. The predicted molar refractivity (Wildman–Crippen MR) is 132 cm³/mol. The van der Waals surface area contributed by atoms with Gasteiger partial charge in [0.25, 0.3) is 0 Å². The minimum Gasteiger partial charge on any atom is -0.613 e. The Labute approximate surface area is 218 Å². The number of carbonyl (C=O) groups excluding carboxylic acids is 5. The quantitative estimate of drug-likeness (QED) is 0.341. The SMILES string of the molecule is O=C1C[C+]2CC(=O)O[B-]2([C@@H](CO)c2ccccc2)O1.O=C[C@@H](c1ccccc1)[B-]12OC(=O)C[C+]1CC(=O)O2. The Hall–Kier alpha value is -4.18. The molecule has 4 saturated heterocycles. The first-order valence-electron chi connectivity index (χ1n) is 12.3. The molecule has 194 valence electrons. The molecule has 2 atom stereocenters. The summed E-state index contributed by atoms with van der Waals surface area (Å²) in [6.07, 6.45) is 1.02. The molecule has 0 aromatic heterocycles. The van der Waals surface area contributed by atoms with Crippen LogP contribution in [0.1, 0.15) is 48.4 Å². The van der Waals surface area contributed by atoms with Gasteiger partial charge in [0.1, 0.15) is 32.0 Å². The molecule has 0 amide bonds. The summed E-state index contributed by atoms with van der Waals surface area (Å²) >= 11 is 0. The van der Waals surface area contributed by atoms with E-state index in [1.165, 1.54) is 0 Å². The molecule has 0 spiro atoms. The van der Waals surface area contributed by atoms with E-state index in [-0.39, 0.29) is 32.3 Å². The molecule has 0 saturated carbocycles. The molecule has 0 bridgehead atoms. The second-order valence-corrected chi connectivity index (χ2v) is 9.80. The van der Waals surface area contributed by atoms with Crippen LogP contribution in [0.4, 0.5) is 0 Å². The minimum absolute atomic E-state index is 0.0584. The second-order valence-electron chi connectivity index (χ2n) is 9.80. The standard InChI is InChI=1S/C13H13BO5.C13H11BO5/c2*15-8-11(9-4-2-1-3-5-9)14-10(6-12(16)18-14)7-13(17)19-14/h1-5,11,15H,6-8H2;1-5,8,11H,6-7H2/t2*11-/m00/s1. The minimum atomic E-state index is -2.30. The molecule has 12 heteroatoms. The molecule has 1 N–H and O–H groups in total. The van der Waals surface area contributed by atoms with Crippen LogP contribution in [0.25, 0.3) is 0 Å². The maximum absolute atomic E-state index is 11.5. The number of hydrogen-bond donors (Lipinski definition) is 1. The Balaban J connectivity index is 0.000000155. The van der Waals surface area contributed by atoms with Crippen LogP contribution in [0.2, 0.25) is 0 Å². The zero-order chi connectivity index (χ0) is 26.9. The number of hydrogen-bond acceptors (Lipinski definition) is 10. The Bertz CT molecular complexity index is 1210. The van der Waals surface area contributed by atoms with Crippen LogP contribution in [-0.4, -0.2) is 55.0 Å². The molecule has 2 aromatic rings. The van der Waals surface area contributed by atoms with E-state index in [0.29, 0.717) is 23.5 Å². The molecule has 38 heavy (non-hydrogen) atoms. The highest BCUT2D eigenvalue weighted by atomic mass is 16.7. The Morgan fingerprint density at radius 3 is 1.50 bits per heavy atom. The number of rotatable bonds is 6. The van der Waals surface area contributed by atoms with Gasteiger partial charge in [-0.1, -0.05) is 71.8 Å². The van der Waals surface area contributed by atoms with E-state index >= 15 is 0 Å². The van der Waals surface area contributed by atoms with Crippen molar-refractivity contribution in [3.8, 4) is 0 Å². The van der Waals surface area contributed by atoms with Crippen molar-refractivity contribution in [3.63, 3.8) is 0 Å². The normalized spacial score (nSPS) is 21.7. The molecular weight excluding hydrogens is 494 g/mol. The zero-order valence-corrected chi connectivity index (χ0v) is 20.3. The third-order valence-corrected chi connectivity index (χ3v) is 7.61. The fourth-order valence-electron chi connectivity index (χ4n) is 5.92. The Morgan fingerprint density at radius 1 is 0.684 bits per heavy atom. The average Bonchev–Trinajstić information content (AvgIpc) is 3.56. The van der Waals surface area contributed by atoms with Crippen LogP contribution in [0, 0.1) is 11.6 Å². The number of aliphatic hydroxyl groups is 1. The van der Waals surface area contributed by atoms with Gasteiger partial charge in [0.05, 0.1) is 0 Å². The van der Waals surface area contributed by atoms with Crippen molar-refractivity contribution in [1.82, 2.24) is 0 Å². The summed E-state index contributed by atoms with van der Waals surface area (Å²) in [7, 11) is 0. The molecule has 4 aliphatic heterocycles. The number of aliphatic hydroxyl groups excluding tert-OH is 1. The highest BCUT2D eigenvalue weighted by molar-refractivity contribution is 6.83. The first-order chi connectivity index (χ1) is 18.3. The van der Waals surface area contributed by atoms with Gasteiger partial charge in [0, 0.05) is 29.9 Å². The summed E-state index contributed by atoms with van der Waals surface area (Å²) in [5.41, 5.74) is 1.48. The van der Waals surface area contributed by atoms with Gasteiger partial charge < -0.3 is 28.5 Å². The van der Waals surface area contributed by atoms with E-state index < -0.39 is 48.6 Å². The van der Waals surface area contributed by atoms with E-state index in [2.05, 4.69) is 0 Å². The lowest BCUT2D eigenvalue weighted by Gasteiger charge is -2.32. The van der Waals surface area contributed by atoms with Crippen molar-refractivity contribution < 1.29 is 47.7 Å². The summed E-state index contributed by atoms with van der Waals surface area (Å²) in [5.74, 6) is -1.68. The van der Waals surface area contributed by atoms with Gasteiger partial charge >= 0.3 is 37.0 Å². The lowest BCUT2D eigenvalue weighted by molar-refractivity contribution is -0.140. The summed E-state index contributed by atoms with van der Waals surface area (Å²) in [6.45, 7) is -4.73. The largest absolute Gasteiger partial charge is 0.613 e. The highest BCUT2D eigenvalue weighted by Crippen LogP contribution is 2.48. The fraction of sp³-hybridized carbons (Fsp3) is 0.269. The lowest BCUT2D eigenvalue weighted by Crippen LogP contribution is -2.48. The van der Waals surface area contributed by atoms with Crippen molar-refractivity contribution in [2.75, 3.05) is 6.61 Å². The van der Waals surface area contributed by atoms with Gasteiger partial charge in [0.15, 0.2) is 0 Å². The molecule has 0 radical (unpaired) electrons. The first kappa shape index (κ1) is 25.5. The average molecular weight is 518 g/mol. The van der Waals surface area contributed by atoms with Gasteiger partial charge in [-0.15, -0.1) is 0 Å². The smallest absolute Gasteiger partial charge is 0.573 e. The molecular formula is C26H24B2O10. The topological polar surface area (TPSA) is 142 Å². The Kier molecular flexibility index (Phi) is 6.66. The van der Waals surface area contributed by atoms with Crippen LogP contribution in [0.15, 0.2) is 60.7 Å². The molecule has 0 aliphatic carbocycles. The van der Waals surface area contributed by atoms with Crippen LogP contribution >= 0.6 is 0 Å². The predicted octanol–water partition coefficient (Wildman–Crippen LogP) is 1.71. The molecule has 6 rings (SSSR count). The van der Waals surface area contributed by atoms with Gasteiger partial charge in [-0.25, -0.2) is 0 Å². The summed E-state index contributed by atoms with van der Waals surface area (Å²) in [6, 6.07) is 18.1. The van der Waals surface area contributed by atoms with Crippen molar-refractivity contribution in [2.45, 2.75) is 37.3 Å². The third-order valence-electron chi connectivity index (χ3n) is 7.61. The number of aldehydes is 1. The van der Waals surface area contributed by atoms with E-state index in [1.807, 2.05) is 36.4 Å². The fourth-order valence-corrected chi connectivity index (χ4v) is 5.92. The maximum atomic E-state index is 11.5. The molecule has 10 nitrogen and oxygen atoms in total. The summed E-state index contributed by atoms with van der Waals surface area (Å²) < 4.78 is 21.2. The van der Waals surface area contributed by atoms with E-state index in [1.54, 1.807) is 24.3 Å². The molecule has 4 fully saturated rings. The maximum Gasteiger partial charge on any atom is 0.573 e. The van der Waals surface area contributed by atoms with Gasteiger partial charge in [0.2, 0.25) is 0 Å². The van der Waals surface area contributed by atoms with Crippen molar-refractivity contribution in [3.05, 3.63) is 83.4 Å². The second kappa shape index (κ2) is 9.94. The van der Waals surface area contributed by atoms with Crippen LogP contribution in [0.3, 0.4) is 0 Å². The van der Waals surface area contributed by atoms with Crippen LogP contribution < -0.4 is 0 Å². The van der Waals surface area contributed by atoms with Crippen molar-refractivity contribution in [1.29, 1.82) is 0 Å². The van der Waals surface area contributed by atoms with E-state index in [0.717, 1.165) is 5.56 Å². The third kappa shape index (κ3) is 4.30. The van der Waals surface area contributed by atoms with Crippen molar-refractivity contribution in [2.24, 2.45) is 0 Å². The number of carbonyl (C=O) groups is 5. The number of benzene rings is 2. The monoisotopic (exact) mass is 518 g/mol. The van der Waals surface area contributed by atoms with E-state index in [4.69, 9.17) is 18.6 Å². The van der Waals surface area contributed by atoms with Crippen LogP contribution in [-0.2, 0) is 42.6 Å². The highest BCUT2D eigenvalue weighted by Gasteiger charge is 2.69. The summed E-state index contributed by atoms with van der Waals surface area (Å²) in [4.78, 5) is 57.5. The van der Waals surface area contributed by atoms with Gasteiger partial charge in [-0.05, 0) is 0 Å². The molecule has 2 aromatic carbocycles. The van der Waals surface area contributed by atoms with Gasteiger partial charge in [-0.3, -0.25) is 19.2 Å². The number of fused-ring (bicyclic) bond motifs is 2. The van der Waals surface area contributed by atoms with Crippen LogP contribution in [0.5, 0.6) is 0 Å². The van der Waals surface area contributed by atoms with E-state index in [9.17, 15) is 29.1 Å².